The molecule has 0 bridgehead atoms. The quantitative estimate of drug-likeness (QED) is 0.0857. The fourth-order valence-corrected chi connectivity index (χ4v) is 5.40. The Kier molecular flexibility index (Phi) is 13.8. The fourth-order valence-electron chi connectivity index (χ4n) is 5.40. The molecule has 3 saturated heterocycles. The first-order chi connectivity index (χ1) is 22.0. The minimum absolute atomic E-state index is 0.0264. The lowest BCUT2D eigenvalue weighted by atomic mass is 9.90. The van der Waals surface area contributed by atoms with Crippen LogP contribution in [-0.2, 0) is 57.1 Å². The number of methoxy groups -OCH3 is 2. The van der Waals surface area contributed by atoms with E-state index < -0.39 is 122 Å². The van der Waals surface area contributed by atoms with Gasteiger partial charge in [-0.2, -0.15) is 0 Å². The molecule has 47 heavy (non-hydrogen) atoms. The third kappa shape index (κ3) is 8.94. The second-order valence-corrected chi connectivity index (χ2v) is 11.6. The molecule has 0 saturated carbocycles. The molecule has 15 atom stereocenters. The van der Waals surface area contributed by atoms with E-state index in [0.29, 0.717) is 0 Å². The third-order valence-corrected chi connectivity index (χ3v) is 8.23. The second-order valence-electron chi connectivity index (χ2n) is 11.6. The molecule has 268 valence electrons. The third-order valence-electron chi connectivity index (χ3n) is 8.23. The lowest BCUT2D eigenvalue weighted by Crippen LogP contribution is -2.67. The number of carbonyl (C=O) groups excluding carboxylic acids is 4. The number of hydrogen-bond acceptors (Lipinski definition) is 18. The van der Waals surface area contributed by atoms with Gasteiger partial charge in [-0.1, -0.05) is 6.92 Å². The Morgan fingerprint density at radius 3 is 1.60 bits per heavy atom. The number of carboxylic acids is 1. The maximum absolute atomic E-state index is 13.1. The number of ketones is 3. The van der Waals surface area contributed by atoms with E-state index in [0.717, 1.165) is 14.2 Å². The highest BCUT2D eigenvalue weighted by atomic mass is 16.8. The Labute approximate surface area is 268 Å². The number of aliphatic hydroxyl groups is 6. The van der Waals surface area contributed by atoms with Crippen molar-refractivity contribution in [2.75, 3.05) is 14.2 Å². The van der Waals surface area contributed by atoms with E-state index in [1.165, 1.54) is 13.8 Å². The highest BCUT2D eigenvalue weighted by Crippen LogP contribution is 2.34. The van der Waals surface area contributed by atoms with Crippen LogP contribution in [0.2, 0.25) is 0 Å². The maximum atomic E-state index is 13.1. The molecule has 0 aromatic carbocycles. The zero-order valence-electron chi connectivity index (χ0n) is 26.0. The SMILES string of the molecule is COC(=O)C1OC(OC2C(C(=O)O)OC(OC3C(C(=O)CCC(=O)CCC(C)=O)OC(OC)C(O)C3O)C(O)C2O)C(O)C(O)C1C. The van der Waals surface area contributed by atoms with Gasteiger partial charge in [0.2, 0.25) is 0 Å². The summed E-state index contributed by atoms with van der Waals surface area (Å²) < 4.78 is 36.8. The van der Waals surface area contributed by atoms with Crippen molar-refractivity contribution < 1.29 is 92.9 Å². The average molecular weight is 683 g/mol. The normalized spacial score (nSPS) is 40.8. The summed E-state index contributed by atoms with van der Waals surface area (Å²) in [6.07, 6.45) is -27.4. The molecule has 15 unspecified atom stereocenters. The fraction of sp³-hybridized carbons (Fsp3) is 0.821. The van der Waals surface area contributed by atoms with Crippen molar-refractivity contribution in [2.45, 2.75) is 126 Å². The molecular formula is C28H42O19. The number of hydrogen-bond donors (Lipinski definition) is 7. The summed E-state index contributed by atoms with van der Waals surface area (Å²) in [4.78, 5) is 60.8. The molecule has 3 heterocycles. The van der Waals surface area contributed by atoms with Crippen LogP contribution in [0.1, 0.15) is 39.5 Å². The van der Waals surface area contributed by atoms with Gasteiger partial charge in [0.25, 0.3) is 0 Å². The van der Waals surface area contributed by atoms with Crippen molar-refractivity contribution >= 4 is 29.3 Å². The molecule has 0 aromatic heterocycles. The van der Waals surface area contributed by atoms with Crippen LogP contribution in [0, 0.1) is 5.92 Å². The van der Waals surface area contributed by atoms with E-state index in [1.54, 1.807) is 0 Å². The molecule has 3 aliphatic heterocycles. The summed E-state index contributed by atoms with van der Waals surface area (Å²) >= 11 is 0. The average Bonchev–Trinajstić information content (AvgIpc) is 3.03. The number of aliphatic carboxylic acids is 1. The zero-order valence-corrected chi connectivity index (χ0v) is 26.0. The van der Waals surface area contributed by atoms with E-state index in [2.05, 4.69) is 4.74 Å². The minimum Gasteiger partial charge on any atom is -0.479 e. The Bertz CT molecular complexity index is 1130. The van der Waals surface area contributed by atoms with E-state index in [-0.39, 0.29) is 25.0 Å². The summed E-state index contributed by atoms with van der Waals surface area (Å²) in [5.41, 5.74) is 0. The number of ether oxygens (including phenoxy) is 7. The van der Waals surface area contributed by atoms with Gasteiger partial charge in [0, 0.05) is 38.7 Å². The first kappa shape index (κ1) is 38.9. The van der Waals surface area contributed by atoms with Crippen LogP contribution in [0.5, 0.6) is 0 Å². The van der Waals surface area contributed by atoms with Gasteiger partial charge >= 0.3 is 11.9 Å². The molecule has 3 aliphatic rings. The lowest BCUT2D eigenvalue weighted by Gasteiger charge is -2.47. The standard InChI is InChI=1S/C28H42O19/c1-9(29)5-6-11(30)7-8-12(31)20-21(14(33)17(36)26(42-4)44-20)45-28-18(37)15(34)22(23(47-28)24(38)39)46-27-16(35)13(32)10(2)19(43-27)25(40)41-3/h10,13-23,26-28,32-37H,5-8H2,1-4H3,(H,38,39). The predicted molar refractivity (Wildman–Crippen MR) is 147 cm³/mol. The number of aliphatic hydroxyl groups excluding tert-OH is 6. The van der Waals surface area contributed by atoms with Crippen molar-refractivity contribution in [1.82, 2.24) is 0 Å². The number of rotatable bonds is 14. The highest BCUT2D eigenvalue weighted by Gasteiger charge is 2.56. The van der Waals surface area contributed by atoms with Crippen molar-refractivity contribution in [3.05, 3.63) is 0 Å². The second kappa shape index (κ2) is 16.7. The Balaban J connectivity index is 1.80. The van der Waals surface area contributed by atoms with Crippen molar-refractivity contribution in [2.24, 2.45) is 5.92 Å². The topological polar surface area (TPSA) is 292 Å². The zero-order chi connectivity index (χ0) is 35.3. The predicted octanol–water partition coefficient (Wildman–Crippen LogP) is -4.08. The van der Waals surface area contributed by atoms with Gasteiger partial charge in [-0.3, -0.25) is 9.59 Å². The van der Waals surface area contributed by atoms with E-state index >= 15 is 0 Å². The van der Waals surface area contributed by atoms with Gasteiger partial charge in [-0.15, -0.1) is 0 Å². The van der Waals surface area contributed by atoms with E-state index in [4.69, 9.17) is 28.4 Å². The Hall–Kier alpha value is -2.53. The molecular weight excluding hydrogens is 640 g/mol. The molecule has 19 nitrogen and oxygen atoms in total. The van der Waals surface area contributed by atoms with Gasteiger partial charge in [-0.05, 0) is 6.92 Å². The van der Waals surface area contributed by atoms with Gasteiger partial charge in [0.05, 0.1) is 13.2 Å². The number of Topliss-reactive ketones (excluding diaryl/α,β-unsaturated/α-hetero) is 3. The van der Waals surface area contributed by atoms with Gasteiger partial charge in [-0.25, -0.2) is 9.59 Å². The van der Waals surface area contributed by atoms with Crippen molar-refractivity contribution in [1.29, 1.82) is 0 Å². The van der Waals surface area contributed by atoms with Crippen LogP contribution in [-0.4, -0.2) is 165 Å². The van der Waals surface area contributed by atoms with Crippen LogP contribution in [0.25, 0.3) is 0 Å². The molecule has 3 fully saturated rings. The lowest BCUT2D eigenvalue weighted by molar-refractivity contribution is -0.367. The Morgan fingerprint density at radius 2 is 1.09 bits per heavy atom. The van der Waals surface area contributed by atoms with Crippen LogP contribution >= 0.6 is 0 Å². The molecule has 0 aromatic rings. The first-order valence-electron chi connectivity index (χ1n) is 14.8. The summed E-state index contributed by atoms with van der Waals surface area (Å²) in [7, 11) is 2.15. The van der Waals surface area contributed by atoms with Crippen LogP contribution < -0.4 is 0 Å². The van der Waals surface area contributed by atoms with Crippen molar-refractivity contribution in [3.8, 4) is 0 Å². The number of carboxylic acid groups (broad SMARTS) is 1. The van der Waals surface area contributed by atoms with Crippen LogP contribution in [0.15, 0.2) is 0 Å². The Morgan fingerprint density at radius 1 is 0.617 bits per heavy atom. The summed E-state index contributed by atoms with van der Waals surface area (Å²) in [6.45, 7) is 2.67. The monoisotopic (exact) mass is 682 g/mol. The maximum Gasteiger partial charge on any atom is 0.335 e. The van der Waals surface area contributed by atoms with Gasteiger partial charge in [0.15, 0.2) is 36.9 Å². The molecule has 0 radical (unpaired) electrons. The molecule has 3 rings (SSSR count). The summed E-state index contributed by atoms with van der Waals surface area (Å²) in [5.74, 6) is -5.18. The summed E-state index contributed by atoms with van der Waals surface area (Å²) in [6, 6.07) is 0. The van der Waals surface area contributed by atoms with E-state index in [1.807, 2.05) is 0 Å². The number of carbonyl (C=O) groups is 5. The minimum atomic E-state index is -2.19. The van der Waals surface area contributed by atoms with Crippen molar-refractivity contribution in [3.63, 3.8) is 0 Å². The molecule has 0 aliphatic carbocycles. The summed E-state index contributed by atoms with van der Waals surface area (Å²) in [5, 5.41) is 74.0. The largest absolute Gasteiger partial charge is 0.479 e. The van der Waals surface area contributed by atoms with E-state index in [9.17, 15) is 59.7 Å². The molecule has 19 heteroatoms. The number of esters is 1. The van der Waals surface area contributed by atoms with Crippen LogP contribution in [0.4, 0.5) is 0 Å². The van der Waals surface area contributed by atoms with Crippen LogP contribution in [0.3, 0.4) is 0 Å². The van der Waals surface area contributed by atoms with Gasteiger partial charge in [0.1, 0.15) is 60.4 Å². The molecule has 7 N–H and O–H groups in total. The highest BCUT2D eigenvalue weighted by molar-refractivity contribution is 5.90. The van der Waals surface area contributed by atoms with Gasteiger partial charge < -0.3 is 73.7 Å². The first-order valence-corrected chi connectivity index (χ1v) is 14.8. The smallest absolute Gasteiger partial charge is 0.335 e. The molecule has 0 spiro atoms. The molecule has 0 amide bonds.